The van der Waals surface area contributed by atoms with Gasteiger partial charge in [-0.1, -0.05) is 170 Å². The molecule has 0 saturated carbocycles. The number of fused-ring (bicyclic) bond motifs is 4. The van der Waals surface area contributed by atoms with Gasteiger partial charge >= 0.3 is 0 Å². The van der Waals surface area contributed by atoms with Crippen molar-refractivity contribution in [2.75, 3.05) is 0 Å². The molecule has 0 aliphatic rings. The molecule has 0 radical (unpaired) electrons. The van der Waals surface area contributed by atoms with E-state index >= 15 is 0 Å². The van der Waals surface area contributed by atoms with Gasteiger partial charge in [-0.3, -0.25) is 0 Å². The van der Waals surface area contributed by atoms with E-state index < -0.39 is 0 Å². The summed E-state index contributed by atoms with van der Waals surface area (Å²) in [4.78, 5) is 0. The van der Waals surface area contributed by atoms with Crippen molar-refractivity contribution in [1.29, 1.82) is 0 Å². The number of rotatable bonds is 4. The first-order valence-electron chi connectivity index (χ1n) is 15.9. The second kappa shape index (κ2) is 10.9. The van der Waals surface area contributed by atoms with Gasteiger partial charge in [0.15, 0.2) is 0 Å². The first kappa shape index (κ1) is 26.4. The highest BCUT2D eigenvalue weighted by molar-refractivity contribution is 6.21. The molecule has 0 fully saturated rings. The van der Waals surface area contributed by atoms with Gasteiger partial charge in [0.2, 0.25) is 0 Å². The van der Waals surface area contributed by atoms with Crippen molar-refractivity contribution in [2.45, 2.75) is 0 Å². The van der Waals surface area contributed by atoms with Gasteiger partial charge in [0.25, 0.3) is 0 Å². The number of benzene rings is 9. The van der Waals surface area contributed by atoms with Gasteiger partial charge in [0, 0.05) is 0 Å². The van der Waals surface area contributed by atoms with Crippen molar-refractivity contribution in [3.63, 3.8) is 0 Å². The zero-order chi connectivity index (χ0) is 30.5. The van der Waals surface area contributed by atoms with Gasteiger partial charge in [-0.15, -0.1) is 0 Å². The van der Waals surface area contributed by atoms with Crippen molar-refractivity contribution in [2.24, 2.45) is 0 Å². The van der Waals surface area contributed by atoms with E-state index in [-0.39, 0.29) is 0 Å². The summed E-state index contributed by atoms with van der Waals surface area (Å²) in [5.74, 6) is 0. The van der Waals surface area contributed by atoms with Crippen molar-refractivity contribution >= 4 is 43.1 Å². The fourth-order valence-corrected chi connectivity index (χ4v) is 7.26. The monoisotopic (exact) mass is 582 g/mol. The minimum atomic E-state index is 1.23. The summed E-state index contributed by atoms with van der Waals surface area (Å²) in [5.41, 5.74) is 10.0. The Balaban J connectivity index is 1.23. The third-order valence-corrected chi connectivity index (χ3v) is 9.44. The Morgan fingerprint density at radius 1 is 0.217 bits per heavy atom. The quantitative estimate of drug-likeness (QED) is 0.181. The highest BCUT2D eigenvalue weighted by atomic mass is 14.2. The Morgan fingerprint density at radius 3 is 1.37 bits per heavy atom. The predicted molar refractivity (Wildman–Crippen MR) is 198 cm³/mol. The maximum Gasteiger partial charge on any atom is -0.00262 e. The second-order valence-electron chi connectivity index (χ2n) is 12.1. The molecule has 9 aromatic carbocycles. The predicted octanol–water partition coefficient (Wildman–Crippen LogP) is 13.0. The molecule has 0 atom stereocenters. The molecule has 0 spiro atoms. The smallest absolute Gasteiger partial charge is 0.00262 e. The van der Waals surface area contributed by atoms with Crippen LogP contribution in [0.4, 0.5) is 0 Å². The Morgan fingerprint density at radius 2 is 0.696 bits per heavy atom. The normalized spacial score (nSPS) is 11.5. The third kappa shape index (κ3) is 4.38. The van der Waals surface area contributed by atoms with Gasteiger partial charge in [0.1, 0.15) is 0 Å². The molecule has 0 N–H and O–H groups in total. The number of hydrogen-bond donors (Lipinski definition) is 0. The van der Waals surface area contributed by atoms with Crippen LogP contribution in [0, 0.1) is 0 Å². The van der Waals surface area contributed by atoms with Crippen LogP contribution in [0.15, 0.2) is 182 Å². The standard InChI is InChI=1S/C46H30/c1-2-11-31(12-3-1)36-27-21-32-22-28-37(30-38(32)29-36)46-43-18-8-6-16-41(43)45(42-17-7-9-19-44(42)46)35-25-23-34(24-26-35)40-20-10-14-33-13-4-5-15-39(33)40/h1-30H. The van der Waals surface area contributed by atoms with Crippen LogP contribution in [0.25, 0.3) is 87.6 Å². The van der Waals surface area contributed by atoms with Gasteiger partial charge in [-0.25, -0.2) is 0 Å². The fraction of sp³-hybridized carbons (Fsp3) is 0. The lowest BCUT2D eigenvalue weighted by Gasteiger charge is -2.18. The van der Waals surface area contributed by atoms with Crippen molar-refractivity contribution in [3.05, 3.63) is 182 Å². The first-order valence-corrected chi connectivity index (χ1v) is 15.9. The molecule has 0 saturated heterocycles. The highest BCUT2D eigenvalue weighted by Crippen LogP contribution is 2.44. The minimum absolute atomic E-state index is 1.23. The van der Waals surface area contributed by atoms with E-state index in [0.29, 0.717) is 0 Å². The molecule has 0 amide bonds. The Hall–Kier alpha value is -5.98. The fourth-order valence-electron chi connectivity index (χ4n) is 7.26. The van der Waals surface area contributed by atoms with Gasteiger partial charge < -0.3 is 0 Å². The average Bonchev–Trinajstić information content (AvgIpc) is 3.13. The van der Waals surface area contributed by atoms with Crippen LogP contribution < -0.4 is 0 Å². The topological polar surface area (TPSA) is 0 Å². The zero-order valence-electron chi connectivity index (χ0n) is 25.3. The zero-order valence-corrected chi connectivity index (χ0v) is 25.3. The van der Waals surface area contributed by atoms with Crippen LogP contribution in [0.2, 0.25) is 0 Å². The second-order valence-corrected chi connectivity index (χ2v) is 12.1. The highest BCUT2D eigenvalue weighted by Gasteiger charge is 2.17. The van der Waals surface area contributed by atoms with E-state index in [2.05, 4.69) is 182 Å². The molecule has 9 aromatic rings. The summed E-state index contributed by atoms with van der Waals surface area (Å²) in [6.07, 6.45) is 0. The first-order chi connectivity index (χ1) is 22.8. The molecular weight excluding hydrogens is 553 g/mol. The van der Waals surface area contributed by atoms with E-state index in [1.807, 2.05) is 0 Å². The molecule has 9 rings (SSSR count). The van der Waals surface area contributed by atoms with Gasteiger partial charge in [0.05, 0.1) is 0 Å². The average molecular weight is 583 g/mol. The van der Waals surface area contributed by atoms with E-state index in [9.17, 15) is 0 Å². The molecule has 0 aromatic heterocycles. The van der Waals surface area contributed by atoms with Crippen molar-refractivity contribution in [3.8, 4) is 44.5 Å². The van der Waals surface area contributed by atoms with Gasteiger partial charge in [-0.05, 0) is 99.7 Å². The van der Waals surface area contributed by atoms with Crippen LogP contribution in [0.5, 0.6) is 0 Å². The molecule has 0 heterocycles. The van der Waals surface area contributed by atoms with Crippen LogP contribution in [0.3, 0.4) is 0 Å². The Bertz CT molecular complexity index is 2490. The maximum absolute atomic E-state index is 2.37. The van der Waals surface area contributed by atoms with E-state index in [0.717, 1.165) is 0 Å². The van der Waals surface area contributed by atoms with Gasteiger partial charge in [-0.2, -0.15) is 0 Å². The number of hydrogen-bond acceptors (Lipinski definition) is 0. The molecule has 0 heteroatoms. The van der Waals surface area contributed by atoms with E-state index in [1.165, 1.54) is 87.6 Å². The van der Waals surface area contributed by atoms with Crippen LogP contribution in [0.1, 0.15) is 0 Å². The van der Waals surface area contributed by atoms with Crippen LogP contribution in [-0.4, -0.2) is 0 Å². The van der Waals surface area contributed by atoms with Crippen LogP contribution in [-0.2, 0) is 0 Å². The SMILES string of the molecule is c1ccc(-c2ccc3ccc(-c4c5ccccc5c(-c5ccc(-c6cccc7ccccc67)cc5)c5ccccc45)cc3c2)cc1. The van der Waals surface area contributed by atoms with Crippen molar-refractivity contribution < 1.29 is 0 Å². The summed E-state index contributed by atoms with van der Waals surface area (Å²) in [6, 6.07) is 66.5. The lowest BCUT2D eigenvalue weighted by Crippen LogP contribution is -1.91. The van der Waals surface area contributed by atoms with Crippen molar-refractivity contribution in [1.82, 2.24) is 0 Å². The lowest BCUT2D eigenvalue weighted by molar-refractivity contribution is 1.63. The largest absolute Gasteiger partial charge is 0.0622 e. The summed E-state index contributed by atoms with van der Waals surface area (Å²) in [6.45, 7) is 0. The summed E-state index contributed by atoms with van der Waals surface area (Å²) < 4.78 is 0. The molecule has 214 valence electrons. The molecule has 0 aliphatic heterocycles. The minimum Gasteiger partial charge on any atom is -0.0622 e. The van der Waals surface area contributed by atoms with E-state index in [4.69, 9.17) is 0 Å². The molecule has 46 heavy (non-hydrogen) atoms. The lowest BCUT2D eigenvalue weighted by atomic mass is 9.85. The molecule has 0 nitrogen and oxygen atoms in total. The molecule has 0 aliphatic carbocycles. The molecule has 0 bridgehead atoms. The molecular formula is C46H30. The van der Waals surface area contributed by atoms with E-state index in [1.54, 1.807) is 0 Å². The summed E-state index contributed by atoms with van der Waals surface area (Å²) in [5, 5.41) is 10.1. The summed E-state index contributed by atoms with van der Waals surface area (Å²) in [7, 11) is 0. The maximum atomic E-state index is 2.37. The van der Waals surface area contributed by atoms with Crippen LogP contribution >= 0.6 is 0 Å². The third-order valence-electron chi connectivity index (χ3n) is 9.44. The molecule has 0 unspecified atom stereocenters. The summed E-state index contributed by atoms with van der Waals surface area (Å²) >= 11 is 0. The Kier molecular flexibility index (Phi) is 6.25. The Labute approximate surface area is 268 Å².